The Morgan fingerprint density at radius 3 is 2.70 bits per heavy atom. The van der Waals surface area contributed by atoms with Crippen molar-refractivity contribution < 1.29 is 9.53 Å². The van der Waals surface area contributed by atoms with Crippen molar-refractivity contribution in [3.05, 3.63) is 12.2 Å². The van der Waals surface area contributed by atoms with Gasteiger partial charge in [-0.15, -0.1) is 6.58 Å². The number of hydrogen-bond donors (Lipinski definition) is 1. The van der Waals surface area contributed by atoms with Crippen molar-refractivity contribution >= 4 is 5.97 Å². The Morgan fingerprint density at radius 1 is 1.70 bits per heavy atom. The van der Waals surface area contributed by atoms with Gasteiger partial charge in [0.25, 0.3) is 0 Å². The number of carbonyl (C=O) groups excluding carboxylic acids is 1. The minimum atomic E-state index is -0.360. The maximum Gasteiger partial charge on any atom is 0.319 e. The van der Waals surface area contributed by atoms with E-state index in [9.17, 15) is 4.79 Å². The molecule has 0 saturated carbocycles. The number of esters is 1. The smallest absolute Gasteiger partial charge is 0.319 e. The van der Waals surface area contributed by atoms with E-state index in [1.807, 2.05) is 6.92 Å². The van der Waals surface area contributed by atoms with Gasteiger partial charge in [-0.3, -0.25) is 4.79 Å². The highest BCUT2D eigenvalue weighted by molar-refractivity contribution is 5.71. The molecule has 10 heavy (non-hydrogen) atoms. The highest BCUT2D eigenvalue weighted by Crippen LogP contribution is 1.94. The summed E-state index contributed by atoms with van der Waals surface area (Å²) in [5.41, 5.74) is 6.00. The average Bonchev–Trinajstić information content (AvgIpc) is 1.87. The van der Waals surface area contributed by atoms with Crippen LogP contribution in [0, 0.1) is 0 Å². The summed E-state index contributed by atoms with van der Waals surface area (Å²) >= 11 is 0. The largest absolute Gasteiger partial charge is 0.464 e. The van der Waals surface area contributed by atoms with Crippen molar-refractivity contribution in [1.82, 2.24) is 0 Å². The van der Waals surface area contributed by atoms with Crippen molar-refractivity contribution in [2.24, 2.45) is 5.73 Å². The second-order valence-corrected chi connectivity index (χ2v) is 2.13. The van der Waals surface area contributed by atoms with Crippen LogP contribution in [-0.2, 0) is 9.53 Å². The van der Waals surface area contributed by atoms with Crippen LogP contribution in [0.3, 0.4) is 0 Å². The summed E-state index contributed by atoms with van der Waals surface area (Å²) < 4.78 is 4.68. The first-order valence-corrected chi connectivity index (χ1v) is 3.17. The fourth-order valence-corrected chi connectivity index (χ4v) is 0.398. The van der Waals surface area contributed by atoms with Gasteiger partial charge in [-0.05, 0) is 6.92 Å². The Bertz CT molecular complexity index is 132. The first-order valence-electron chi connectivity index (χ1n) is 3.17. The number of rotatable bonds is 4. The molecule has 0 saturated heterocycles. The standard InChI is InChI=1S/C7H13NO2/c1-6(2)3-4-10-7(9)5-8/h1,3-5,8H2,2H3. The summed E-state index contributed by atoms with van der Waals surface area (Å²) in [7, 11) is 0. The van der Waals surface area contributed by atoms with Gasteiger partial charge in [0.1, 0.15) is 0 Å². The van der Waals surface area contributed by atoms with E-state index >= 15 is 0 Å². The monoisotopic (exact) mass is 143 g/mol. The van der Waals surface area contributed by atoms with E-state index in [1.165, 1.54) is 0 Å². The summed E-state index contributed by atoms with van der Waals surface area (Å²) in [6.07, 6.45) is 0.714. The van der Waals surface area contributed by atoms with Crippen molar-refractivity contribution in [3.63, 3.8) is 0 Å². The van der Waals surface area contributed by atoms with Crippen LogP contribution in [0.1, 0.15) is 13.3 Å². The number of hydrogen-bond acceptors (Lipinski definition) is 3. The lowest BCUT2D eigenvalue weighted by molar-refractivity contribution is -0.141. The third kappa shape index (κ3) is 5.31. The maximum atomic E-state index is 10.4. The minimum absolute atomic E-state index is 0.0454. The maximum absolute atomic E-state index is 10.4. The predicted molar refractivity (Wildman–Crippen MR) is 39.4 cm³/mol. The van der Waals surface area contributed by atoms with Crippen LogP contribution < -0.4 is 5.73 Å². The molecule has 0 aromatic heterocycles. The Morgan fingerprint density at radius 2 is 2.30 bits per heavy atom. The molecule has 0 atom stereocenters. The SMILES string of the molecule is C=C(C)CCOC(=O)CN. The molecule has 58 valence electrons. The molecular formula is C7H13NO2. The first kappa shape index (κ1) is 9.17. The third-order valence-corrected chi connectivity index (χ3v) is 0.959. The second-order valence-electron chi connectivity index (χ2n) is 2.13. The molecule has 0 aromatic rings. The molecule has 0 aliphatic carbocycles. The molecule has 0 aliphatic rings. The lowest BCUT2D eigenvalue weighted by Crippen LogP contribution is -2.17. The molecule has 0 heterocycles. The van der Waals surface area contributed by atoms with Gasteiger partial charge in [-0.25, -0.2) is 0 Å². The highest BCUT2D eigenvalue weighted by Gasteiger charge is 1.96. The molecule has 0 aliphatic heterocycles. The van der Waals surface area contributed by atoms with Crippen molar-refractivity contribution in [3.8, 4) is 0 Å². The fourth-order valence-electron chi connectivity index (χ4n) is 0.398. The molecule has 0 rings (SSSR count). The summed E-state index contributed by atoms with van der Waals surface area (Å²) in [5.74, 6) is -0.360. The number of nitrogens with two attached hydrogens (primary N) is 1. The van der Waals surface area contributed by atoms with E-state index in [0.717, 1.165) is 5.57 Å². The average molecular weight is 143 g/mol. The van der Waals surface area contributed by atoms with Gasteiger partial charge in [0, 0.05) is 6.42 Å². The Hall–Kier alpha value is -0.830. The molecule has 0 bridgehead atoms. The second kappa shape index (κ2) is 4.99. The van der Waals surface area contributed by atoms with Gasteiger partial charge < -0.3 is 10.5 Å². The molecular weight excluding hydrogens is 130 g/mol. The summed E-state index contributed by atoms with van der Waals surface area (Å²) in [4.78, 5) is 10.4. The quantitative estimate of drug-likeness (QED) is 0.459. The van der Waals surface area contributed by atoms with E-state index in [-0.39, 0.29) is 12.5 Å². The zero-order valence-corrected chi connectivity index (χ0v) is 6.22. The van der Waals surface area contributed by atoms with E-state index < -0.39 is 0 Å². The molecule has 3 nitrogen and oxygen atoms in total. The number of ether oxygens (including phenoxy) is 1. The minimum Gasteiger partial charge on any atom is -0.464 e. The molecule has 0 radical (unpaired) electrons. The van der Waals surface area contributed by atoms with Gasteiger partial charge in [0.15, 0.2) is 0 Å². The van der Waals surface area contributed by atoms with Crippen LogP contribution in [0.5, 0.6) is 0 Å². The van der Waals surface area contributed by atoms with E-state index in [4.69, 9.17) is 5.73 Å². The zero-order valence-electron chi connectivity index (χ0n) is 6.22. The van der Waals surface area contributed by atoms with E-state index in [0.29, 0.717) is 13.0 Å². The van der Waals surface area contributed by atoms with Crippen LogP contribution >= 0.6 is 0 Å². The lowest BCUT2D eigenvalue weighted by atomic mass is 10.3. The first-order chi connectivity index (χ1) is 4.66. The summed E-state index contributed by atoms with van der Waals surface area (Å²) in [5, 5.41) is 0. The Kier molecular flexibility index (Phi) is 4.58. The van der Waals surface area contributed by atoms with Crippen LogP contribution in [0.15, 0.2) is 12.2 Å². The van der Waals surface area contributed by atoms with Gasteiger partial charge in [0.05, 0.1) is 13.2 Å². The van der Waals surface area contributed by atoms with Gasteiger partial charge in [-0.2, -0.15) is 0 Å². The molecule has 0 amide bonds. The molecule has 0 spiro atoms. The van der Waals surface area contributed by atoms with Crippen molar-refractivity contribution in [2.45, 2.75) is 13.3 Å². The normalized spacial score (nSPS) is 9.00. The molecule has 0 fully saturated rings. The molecule has 2 N–H and O–H groups in total. The molecule has 0 aromatic carbocycles. The Balaban J connectivity index is 3.20. The topological polar surface area (TPSA) is 52.3 Å². The van der Waals surface area contributed by atoms with Crippen molar-refractivity contribution in [1.29, 1.82) is 0 Å². The third-order valence-electron chi connectivity index (χ3n) is 0.959. The van der Waals surface area contributed by atoms with Crippen LogP contribution in [0.4, 0.5) is 0 Å². The number of carbonyl (C=O) groups is 1. The predicted octanol–water partition coefficient (Wildman–Crippen LogP) is 0.455. The van der Waals surface area contributed by atoms with Crippen LogP contribution in [-0.4, -0.2) is 19.1 Å². The van der Waals surface area contributed by atoms with Crippen LogP contribution in [0.2, 0.25) is 0 Å². The molecule has 3 heteroatoms. The van der Waals surface area contributed by atoms with Crippen molar-refractivity contribution in [2.75, 3.05) is 13.2 Å². The van der Waals surface area contributed by atoms with Gasteiger partial charge in [-0.1, -0.05) is 5.57 Å². The van der Waals surface area contributed by atoms with E-state index in [2.05, 4.69) is 11.3 Å². The summed E-state index contributed by atoms with van der Waals surface area (Å²) in [6, 6.07) is 0. The summed E-state index contributed by atoms with van der Waals surface area (Å²) in [6.45, 7) is 5.89. The molecule has 0 unspecified atom stereocenters. The van der Waals surface area contributed by atoms with E-state index in [1.54, 1.807) is 0 Å². The zero-order chi connectivity index (χ0) is 7.98. The van der Waals surface area contributed by atoms with Gasteiger partial charge >= 0.3 is 5.97 Å². The Labute approximate surface area is 60.9 Å². The van der Waals surface area contributed by atoms with Gasteiger partial charge in [0.2, 0.25) is 0 Å². The fraction of sp³-hybridized carbons (Fsp3) is 0.571. The lowest BCUT2D eigenvalue weighted by Gasteiger charge is -2.01. The van der Waals surface area contributed by atoms with Crippen LogP contribution in [0.25, 0.3) is 0 Å². The highest BCUT2D eigenvalue weighted by atomic mass is 16.5.